The molecule has 1 saturated carbocycles. The van der Waals surface area contributed by atoms with Crippen molar-refractivity contribution in [3.05, 3.63) is 35.4 Å². The van der Waals surface area contributed by atoms with Gasteiger partial charge < -0.3 is 0 Å². The molecule has 0 spiro atoms. The van der Waals surface area contributed by atoms with Crippen LogP contribution in [0.15, 0.2) is 24.3 Å². The predicted octanol–water partition coefficient (Wildman–Crippen LogP) is 3.80. The number of nitrogens with two attached hydrogens (primary N) is 1. The van der Waals surface area contributed by atoms with E-state index in [-0.39, 0.29) is 6.42 Å². The minimum Gasteiger partial charge on any atom is -0.271 e. The Morgan fingerprint density at radius 3 is 2.26 bits per heavy atom. The second-order valence-electron chi connectivity index (χ2n) is 5.17. The maximum absolute atomic E-state index is 12.2. The van der Waals surface area contributed by atoms with Gasteiger partial charge in [0.2, 0.25) is 0 Å². The van der Waals surface area contributed by atoms with Crippen LogP contribution in [0.1, 0.15) is 55.2 Å². The zero-order valence-corrected chi connectivity index (χ0v) is 10.7. The van der Waals surface area contributed by atoms with E-state index in [4.69, 9.17) is 5.84 Å². The summed E-state index contributed by atoms with van der Waals surface area (Å²) in [5.74, 6) is 5.98. The SMILES string of the molecule is NNC(CCC(F)(F)F)c1ccc(C2CCC2)cc1. The molecule has 1 atom stereocenters. The molecule has 0 radical (unpaired) electrons. The third-order valence-corrected chi connectivity index (χ3v) is 3.83. The van der Waals surface area contributed by atoms with E-state index in [1.165, 1.54) is 24.8 Å². The molecule has 1 fully saturated rings. The molecule has 0 amide bonds. The Bertz CT molecular complexity index is 396. The van der Waals surface area contributed by atoms with Crippen molar-refractivity contribution in [3.63, 3.8) is 0 Å². The van der Waals surface area contributed by atoms with Crippen LogP contribution in [0.2, 0.25) is 0 Å². The van der Waals surface area contributed by atoms with Crippen molar-refractivity contribution in [2.45, 2.75) is 50.2 Å². The first-order valence-electron chi connectivity index (χ1n) is 6.62. The van der Waals surface area contributed by atoms with E-state index in [1.807, 2.05) is 24.3 Å². The first kappa shape index (κ1) is 14.3. The van der Waals surface area contributed by atoms with Gasteiger partial charge in [0.25, 0.3) is 0 Å². The highest BCUT2D eigenvalue weighted by atomic mass is 19.4. The van der Waals surface area contributed by atoms with Gasteiger partial charge in [0, 0.05) is 12.5 Å². The molecule has 3 N–H and O–H groups in total. The summed E-state index contributed by atoms with van der Waals surface area (Å²) in [6.07, 6.45) is -1.31. The smallest absolute Gasteiger partial charge is 0.271 e. The predicted molar refractivity (Wildman–Crippen MR) is 68.4 cm³/mol. The first-order chi connectivity index (χ1) is 8.99. The maximum atomic E-state index is 12.2. The number of rotatable bonds is 5. The minimum absolute atomic E-state index is 0.0389. The molecule has 0 aliphatic heterocycles. The van der Waals surface area contributed by atoms with Crippen molar-refractivity contribution in [3.8, 4) is 0 Å². The van der Waals surface area contributed by atoms with E-state index < -0.39 is 18.6 Å². The van der Waals surface area contributed by atoms with Crippen molar-refractivity contribution in [2.24, 2.45) is 5.84 Å². The fourth-order valence-corrected chi connectivity index (χ4v) is 2.40. The second-order valence-corrected chi connectivity index (χ2v) is 5.17. The third kappa shape index (κ3) is 3.94. The number of hydrogen-bond acceptors (Lipinski definition) is 2. The Kier molecular flexibility index (Phi) is 4.47. The third-order valence-electron chi connectivity index (χ3n) is 3.83. The standard InChI is InChI=1S/C14H19F3N2/c15-14(16,17)9-8-13(19-18)12-6-4-11(5-7-12)10-2-1-3-10/h4-7,10,13,19H,1-3,8-9,18H2. The quantitative estimate of drug-likeness (QED) is 0.632. The summed E-state index contributed by atoms with van der Waals surface area (Å²) in [6.45, 7) is 0. The van der Waals surface area contributed by atoms with Crippen molar-refractivity contribution >= 4 is 0 Å². The fourth-order valence-electron chi connectivity index (χ4n) is 2.40. The van der Waals surface area contributed by atoms with E-state index in [0.717, 1.165) is 5.56 Å². The maximum Gasteiger partial charge on any atom is 0.389 e. The van der Waals surface area contributed by atoms with E-state index >= 15 is 0 Å². The van der Waals surface area contributed by atoms with Crippen molar-refractivity contribution in [1.29, 1.82) is 0 Å². The molecular weight excluding hydrogens is 253 g/mol. The number of nitrogens with one attached hydrogen (secondary N) is 1. The molecule has 1 aliphatic rings. The van der Waals surface area contributed by atoms with Crippen LogP contribution in [-0.4, -0.2) is 6.18 Å². The van der Waals surface area contributed by atoms with E-state index in [9.17, 15) is 13.2 Å². The van der Waals surface area contributed by atoms with Crippen molar-refractivity contribution in [2.75, 3.05) is 0 Å². The number of alkyl halides is 3. The molecule has 1 unspecified atom stereocenters. The average Bonchev–Trinajstić information content (AvgIpc) is 2.28. The van der Waals surface area contributed by atoms with Gasteiger partial charge >= 0.3 is 6.18 Å². The topological polar surface area (TPSA) is 38.0 Å². The largest absolute Gasteiger partial charge is 0.389 e. The summed E-state index contributed by atoms with van der Waals surface area (Å²) in [5.41, 5.74) is 4.56. The second kappa shape index (κ2) is 5.92. The molecule has 5 heteroatoms. The number of halogens is 3. The normalized spacial score (nSPS) is 18.1. The molecule has 0 bridgehead atoms. The lowest BCUT2D eigenvalue weighted by Crippen LogP contribution is -2.29. The Balaban J connectivity index is 1.97. The molecule has 1 aliphatic carbocycles. The molecule has 106 valence electrons. The first-order valence-corrected chi connectivity index (χ1v) is 6.62. The summed E-state index contributed by atoms with van der Waals surface area (Å²) in [7, 11) is 0. The van der Waals surface area contributed by atoms with Crippen LogP contribution in [-0.2, 0) is 0 Å². The van der Waals surface area contributed by atoms with Crippen LogP contribution in [0.3, 0.4) is 0 Å². The number of hydrogen-bond donors (Lipinski definition) is 2. The van der Waals surface area contributed by atoms with Crippen LogP contribution in [0.4, 0.5) is 13.2 Å². The Labute approximate surface area is 111 Å². The van der Waals surface area contributed by atoms with Crippen LogP contribution < -0.4 is 11.3 Å². The lowest BCUT2D eigenvalue weighted by Gasteiger charge is -2.26. The average molecular weight is 272 g/mol. The molecule has 19 heavy (non-hydrogen) atoms. The highest BCUT2D eigenvalue weighted by molar-refractivity contribution is 5.28. The zero-order valence-electron chi connectivity index (χ0n) is 10.7. The zero-order chi connectivity index (χ0) is 13.9. The monoisotopic (exact) mass is 272 g/mol. The molecule has 1 aromatic carbocycles. The summed E-state index contributed by atoms with van der Waals surface area (Å²) < 4.78 is 36.7. The van der Waals surface area contributed by atoms with Gasteiger partial charge in [-0.1, -0.05) is 30.7 Å². The van der Waals surface area contributed by atoms with Crippen molar-refractivity contribution < 1.29 is 13.2 Å². The molecule has 1 aromatic rings. The Morgan fingerprint density at radius 2 is 1.84 bits per heavy atom. The lowest BCUT2D eigenvalue weighted by molar-refractivity contribution is -0.136. The van der Waals surface area contributed by atoms with Crippen LogP contribution >= 0.6 is 0 Å². The summed E-state index contributed by atoms with van der Waals surface area (Å²) in [6, 6.07) is 7.34. The van der Waals surface area contributed by atoms with E-state index in [2.05, 4.69) is 5.43 Å². The van der Waals surface area contributed by atoms with Gasteiger partial charge in [-0.15, -0.1) is 0 Å². The fraction of sp³-hybridized carbons (Fsp3) is 0.571. The van der Waals surface area contributed by atoms with Gasteiger partial charge in [0.15, 0.2) is 0 Å². The van der Waals surface area contributed by atoms with Crippen LogP contribution in [0.25, 0.3) is 0 Å². The number of hydrazine groups is 1. The molecule has 2 rings (SSSR count). The molecular formula is C14H19F3N2. The van der Waals surface area contributed by atoms with Crippen LogP contribution in [0.5, 0.6) is 0 Å². The van der Waals surface area contributed by atoms with Gasteiger partial charge in [-0.05, 0) is 36.3 Å². The van der Waals surface area contributed by atoms with Crippen molar-refractivity contribution in [1.82, 2.24) is 5.43 Å². The lowest BCUT2D eigenvalue weighted by atomic mass is 9.80. The van der Waals surface area contributed by atoms with Gasteiger partial charge in [0.05, 0.1) is 0 Å². The van der Waals surface area contributed by atoms with E-state index in [0.29, 0.717) is 5.92 Å². The van der Waals surface area contributed by atoms with Gasteiger partial charge in [-0.25, -0.2) is 0 Å². The highest BCUT2D eigenvalue weighted by Crippen LogP contribution is 2.36. The van der Waals surface area contributed by atoms with Gasteiger partial charge in [-0.3, -0.25) is 11.3 Å². The summed E-state index contributed by atoms with van der Waals surface area (Å²) >= 11 is 0. The summed E-state index contributed by atoms with van der Waals surface area (Å²) in [4.78, 5) is 0. The Morgan fingerprint density at radius 1 is 1.21 bits per heavy atom. The molecule has 0 saturated heterocycles. The molecule has 0 aromatic heterocycles. The van der Waals surface area contributed by atoms with Gasteiger partial charge in [0.1, 0.15) is 0 Å². The van der Waals surface area contributed by atoms with Crippen LogP contribution in [0, 0.1) is 0 Å². The highest BCUT2D eigenvalue weighted by Gasteiger charge is 2.28. The Hall–Kier alpha value is -1.07. The van der Waals surface area contributed by atoms with E-state index in [1.54, 1.807) is 0 Å². The molecule has 2 nitrogen and oxygen atoms in total. The minimum atomic E-state index is -4.14. The molecule has 0 heterocycles. The summed E-state index contributed by atoms with van der Waals surface area (Å²) in [5, 5.41) is 0. The number of benzene rings is 1. The van der Waals surface area contributed by atoms with Gasteiger partial charge in [-0.2, -0.15) is 13.2 Å².